The number of hydrogen-bond donors (Lipinski definition) is 1. The molecule has 1 unspecified atom stereocenters. The van der Waals surface area contributed by atoms with Gasteiger partial charge in [-0.1, -0.05) is 0 Å². The fraction of sp³-hybridized carbons (Fsp3) is 0.462. The maximum atomic E-state index is 10.9. The first-order valence-electron chi connectivity index (χ1n) is 6.34. The van der Waals surface area contributed by atoms with Crippen molar-refractivity contribution in [2.24, 2.45) is 0 Å². The molecule has 0 spiro atoms. The lowest BCUT2D eigenvalue weighted by Crippen LogP contribution is -2.26. The molecule has 0 radical (unpaired) electrons. The Kier molecular flexibility index (Phi) is 4.52. The van der Waals surface area contributed by atoms with Gasteiger partial charge in [-0.3, -0.25) is 10.1 Å². The second kappa shape index (κ2) is 6.33. The molecule has 0 bridgehead atoms. The Bertz CT molecular complexity index is 510. The van der Waals surface area contributed by atoms with E-state index < -0.39 is 10.9 Å². The van der Waals surface area contributed by atoms with Crippen molar-refractivity contribution in [3.8, 4) is 5.75 Å². The third-order valence-electron chi connectivity index (χ3n) is 3.10. The van der Waals surface area contributed by atoms with Crippen LogP contribution in [-0.2, 0) is 4.74 Å². The Hall–Kier alpha value is -2.15. The molecule has 1 aromatic carbocycles. The first-order valence-corrected chi connectivity index (χ1v) is 6.34. The average Bonchev–Trinajstić information content (AvgIpc) is 2.45. The van der Waals surface area contributed by atoms with Crippen molar-refractivity contribution in [1.82, 2.24) is 0 Å². The van der Waals surface area contributed by atoms with E-state index in [-0.39, 0.29) is 29.7 Å². The molecule has 1 fully saturated rings. The van der Waals surface area contributed by atoms with Crippen LogP contribution in [0.2, 0.25) is 0 Å². The Labute approximate surface area is 115 Å². The molecule has 0 aliphatic carbocycles. The van der Waals surface area contributed by atoms with Crippen molar-refractivity contribution in [3.63, 3.8) is 0 Å². The predicted molar refractivity (Wildman–Crippen MR) is 69.1 cm³/mol. The lowest BCUT2D eigenvalue weighted by atomic mass is 10.1. The predicted octanol–water partition coefficient (Wildman–Crippen LogP) is 2.24. The summed E-state index contributed by atoms with van der Waals surface area (Å²) in [6.45, 7) is 0.842. The van der Waals surface area contributed by atoms with Crippen molar-refractivity contribution >= 4 is 11.7 Å². The molecule has 1 atom stereocenters. The summed E-state index contributed by atoms with van der Waals surface area (Å²) >= 11 is 0. The molecule has 1 aliphatic heterocycles. The molecular formula is C13H15NO6. The van der Waals surface area contributed by atoms with Crippen LogP contribution in [-0.4, -0.2) is 35.3 Å². The van der Waals surface area contributed by atoms with Crippen molar-refractivity contribution in [2.75, 3.05) is 13.2 Å². The quantitative estimate of drug-likeness (QED) is 0.656. The number of nitro benzene ring substituents is 1. The second-order valence-corrected chi connectivity index (χ2v) is 4.54. The van der Waals surface area contributed by atoms with Crippen molar-refractivity contribution in [2.45, 2.75) is 25.4 Å². The summed E-state index contributed by atoms with van der Waals surface area (Å²) in [6.07, 6.45) is 2.78. The van der Waals surface area contributed by atoms with Gasteiger partial charge in [0.05, 0.1) is 16.6 Å². The molecule has 1 aliphatic rings. The van der Waals surface area contributed by atoms with Crippen molar-refractivity contribution < 1.29 is 24.3 Å². The fourth-order valence-corrected chi connectivity index (χ4v) is 2.04. The summed E-state index contributed by atoms with van der Waals surface area (Å²) in [4.78, 5) is 21.2. The number of hydrogen-bond acceptors (Lipinski definition) is 5. The molecular weight excluding hydrogens is 266 g/mol. The van der Waals surface area contributed by atoms with Gasteiger partial charge in [0.2, 0.25) is 0 Å². The van der Waals surface area contributed by atoms with Crippen LogP contribution in [0, 0.1) is 10.1 Å². The molecule has 0 saturated carbocycles. The molecule has 20 heavy (non-hydrogen) atoms. The standard InChI is InChI=1S/C13H15NO6/c15-13(16)9-4-5-11(14(17)18)12(7-9)20-8-10-3-1-2-6-19-10/h4-5,7,10H,1-3,6,8H2,(H,15,16). The smallest absolute Gasteiger partial charge is 0.335 e. The number of ether oxygens (including phenoxy) is 2. The van der Waals surface area contributed by atoms with E-state index in [4.69, 9.17) is 14.6 Å². The average molecular weight is 281 g/mol. The van der Waals surface area contributed by atoms with E-state index in [1.165, 1.54) is 12.1 Å². The topological polar surface area (TPSA) is 98.9 Å². The largest absolute Gasteiger partial charge is 0.484 e. The normalized spacial score (nSPS) is 18.5. The lowest BCUT2D eigenvalue weighted by Gasteiger charge is -2.22. The third-order valence-corrected chi connectivity index (χ3v) is 3.10. The zero-order valence-corrected chi connectivity index (χ0v) is 10.8. The second-order valence-electron chi connectivity index (χ2n) is 4.54. The molecule has 1 heterocycles. The van der Waals surface area contributed by atoms with E-state index in [2.05, 4.69) is 0 Å². The van der Waals surface area contributed by atoms with Crippen LogP contribution >= 0.6 is 0 Å². The van der Waals surface area contributed by atoms with Crippen LogP contribution in [0.1, 0.15) is 29.6 Å². The summed E-state index contributed by atoms with van der Waals surface area (Å²) in [5.41, 5.74) is -0.291. The molecule has 1 N–H and O–H groups in total. The van der Waals surface area contributed by atoms with Crippen molar-refractivity contribution in [3.05, 3.63) is 33.9 Å². The van der Waals surface area contributed by atoms with Gasteiger partial charge in [-0.05, 0) is 25.3 Å². The van der Waals surface area contributed by atoms with E-state index in [1.54, 1.807) is 0 Å². The van der Waals surface area contributed by atoms with Gasteiger partial charge in [0.1, 0.15) is 6.61 Å². The Morgan fingerprint density at radius 2 is 2.30 bits per heavy atom. The highest BCUT2D eigenvalue weighted by molar-refractivity contribution is 5.88. The molecule has 2 rings (SSSR count). The number of rotatable bonds is 5. The van der Waals surface area contributed by atoms with Gasteiger partial charge in [-0.2, -0.15) is 0 Å². The number of benzene rings is 1. The summed E-state index contributed by atoms with van der Waals surface area (Å²) in [6, 6.07) is 3.49. The summed E-state index contributed by atoms with van der Waals surface area (Å²) in [5.74, 6) is -1.19. The molecule has 7 heteroatoms. The van der Waals surface area contributed by atoms with E-state index in [1.807, 2.05) is 0 Å². The molecule has 1 aromatic rings. The highest BCUT2D eigenvalue weighted by atomic mass is 16.6. The van der Waals surface area contributed by atoms with Gasteiger partial charge in [0.25, 0.3) is 0 Å². The molecule has 7 nitrogen and oxygen atoms in total. The first-order chi connectivity index (χ1) is 9.58. The number of carboxylic acid groups (broad SMARTS) is 1. The van der Waals surface area contributed by atoms with E-state index in [9.17, 15) is 14.9 Å². The highest BCUT2D eigenvalue weighted by Crippen LogP contribution is 2.28. The van der Waals surface area contributed by atoms with Gasteiger partial charge >= 0.3 is 11.7 Å². The number of nitro groups is 1. The van der Waals surface area contributed by atoms with Crippen molar-refractivity contribution in [1.29, 1.82) is 0 Å². The van der Waals surface area contributed by atoms with Gasteiger partial charge in [-0.25, -0.2) is 4.79 Å². The van der Waals surface area contributed by atoms with Crippen LogP contribution in [0.15, 0.2) is 18.2 Å². The number of carbonyl (C=O) groups is 1. The molecule has 0 aromatic heterocycles. The number of aromatic carboxylic acids is 1. The van der Waals surface area contributed by atoms with E-state index in [0.29, 0.717) is 6.61 Å². The van der Waals surface area contributed by atoms with Crippen LogP contribution in [0.5, 0.6) is 5.75 Å². The fourth-order valence-electron chi connectivity index (χ4n) is 2.04. The minimum atomic E-state index is -1.15. The van der Waals surface area contributed by atoms with Gasteiger partial charge in [0.15, 0.2) is 5.75 Å². The summed E-state index contributed by atoms with van der Waals surface area (Å²) in [7, 11) is 0. The minimum Gasteiger partial charge on any atom is -0.484 e. The Balaban J connectivity index is 2.12. The lowest BCUT2D eigenvalue weighted by molar-refractivity contribution is -0.385. The molecule has 108 valence electrons. The maximum Gasteiger partial charge on any atom is 0.335 e. The number of nitrogens with zero attached hydrogens (tertiary/aromatic N) is 1. The Morgan fingerprint density at radius 1 is 1.50 bits per heavy atom. The minimum absolute atomic E-state index is 0.0379. The van der Waals surface area contributed by atoms with Crippen LogP contribution in [0.4, 0.5) is 5.69 Å². The maximum absolute atomic E-state index is 10.9. The first kappa shape index (κ1) is 14.3. The van der Waals surface area contributed by atoms with Gasteiger partial charge in [-0.15, -0.1) is 0 Å². The molecule has 1 saturated heterocycles. The SMILES string of the molecule is O=C(O)c1ccc([N+](=O)[O-])c(OCC2CCCCO2)c1. The van der Waals surface area contributed by atoms with Crippen LogP contribution in [0.3, 0.4) is 0 Å². The Morgan fingerprint density at radius 3 is 2.90 bits per heavy atom. The highest BCUT2D eigenvalue weighted by Gasteiger charge is 2.20. The van der Waals surface area contributed by atoms with E-state index >= 15 is 0 Å². The van der Waals surface area contributed by atoms with Gasteiger partial charge < -0.3 is 14.6 Å². The number of carboxylic acids is 1. The van der Waals surface area contributed by atoms with Crippen LogP contribution < -0.4 is 4.74 Å². The van der Waals surface area contributed by atoms with Crippen LogP contribution in [0.25, 0.3) is 0 Å². The monoisotopic (exact) mass is 281 g/mol. The summed E-state index contributed by atoms with van der Waals surface area (Å²) < 4.78 is 10.9. The molecule has 0 amide bonds. The zero-order chi connectivity index (χ0) is 14.5. The third kappa shape index (κ3) is 3.45. The van der Waals surface area contributed by atoms with E-state index in [0.717, 1.165) is 25.3 Å². The van der Waals surface area contributed by atoms with Gasteiger partial charge in [0, 0.05) is 18.7 Å². The zero-order valence-electron chi connectivity index (χ0n) is 10.8. The summed E-state index contributed by atoms with van der Waals surface area (Å²) in [5, 5.41) is 19.8.